The van der Waals surface area contributed by atoms with Gasteiger partial charge in [0, 0.05) is 24.7 Å². The molecular weight excluding hydrogens is 332 g/mol. The maximum atomic E-state index is 12.7. The van der Waals surface area contributed by atoms with E-state index in [0.717, 1.165) is 25.0 Å². The molecule has 1 aliphatic heterocycles. The van der Waals surface area contributed by atoms with E-state index < -0.39 is 5.97 Å². The number of amides is 1. The van der Waals surface area contributed by atoms with Crippen molar-refractivity contribution in [1.82, 2.24) is 9.80 Å². The standard InChI is InChI=1S/C20H30N2O4/c1-4-15(3)26-18-8-6-16(7-9-18)20(25)22-12-10-17(11-13-22)21(5-2)14-19(23)24/h6-9,15,17H,4-5,10-14H2,1-3H3,(H,23,24). The lowest BCUT2D eigenvalue weighted by molar-refractivity contribution is -0.139. The molecule has 1 N–H and O–H groups in total. The van der Waals surface area contributed by atoms with E-state index in [2.05, 4.69) is 6.92 Å². The monoisotopic (exact) mass is 362 g/mol. The molecule has 1 saturated heterocycles. The number of carbonyl (C=O) groups is 2. The van der Waals surface area contributed by atoms with Gasteiger partial charge in [-0.25, -0.2) is 0 Å². The first-order valence-electron chi connectivity index (χ1n) is 9.46. The van der Waals surface area contributed by atoms with E-state index in [1.54, 1.807) is 0 Å². The van der Waals surface area contributed by atoms with E-state index >= 15 is 0 Å². The Morgan fingerprint density at radius 2 is 1.85 bits per heavy atom. The number of hydrogen-bond donors (Lipinski definition) is 1. The van der Waals surface area contributed by atoms with E-state index in [1.165, 1.54) is 0 Å². The number of carboxylic acid groups (broad SMARTS) is 1. The number of nitrogens with zero attached hydrogens (tertiary/aromatic N) is 2. The van der Waals surface area contributed by atoms with Crippen molar-refractivity contribution in [3.63, 3.8) is 0 Å². The minimum Gasteiger partial charge on any atom is -0.491 e. The first-order valence-corrected chi connectivity index (χ1v) is 9.46. The van der Waals surface area contributed by atoms with Crippen molar-refractivity contribution >= 4 is 11.9 Å². The second-order valence-corrected chi connectivity index (χ2v) is 6.84. The van der Waals surface area contributed by atoms with Crippen LogP contribution in [-0.2, 0) is 4.79 Å². The smallest absolute Gasteiger partial charge is 0.317 e. The van der Waals surface area contributed by atoms with Crippen LogP contribution >= 0.6 is 0 Å². The van der Waals surface area contributed by atoms with Gasteiger partial charge in [0.2, 0.25) is 0 Å². The van der Waals surface area contributed by atoms with E-state index in [9.17, 15) is 9.59 Å². The van der Waals surface area contributed by atoms with Crippen molar-refractivity contribution in [1.29, 1.82) is 0 Å². The van der Waals surface area contributed by atoms with E-state index in [-0.39, 0.29) is 24.6 Å². The SMILES string of the molecule is CCC(C)Oc1ccc(C(=O)N2CCC(N(CC)CC(=O)O)CC2)cc1. The summed E-state index contributed by atoms with van der Waals surface area (Å²) in [6.45, 7) is 8.16. The molecule has 0 bridgehead atoms. The molecule has 0 spiro atoms. The molecule has 6 heteroatoms. The third-order valence-electron chi connectivity index (χ3n) is 5.03. The Kier molecular flexibility index (Phi) is 7.45. The predicted molar refractivity (Wildman–Crippen MR) is 101 cm³/mol. The Morgan fingerprint density at radius 3 is 2.35 bits per heavy atom. The summed E-state index contributed by atoms with van der Waals surface area (Å²) in [6.07, 6.45) is 2.71. The van der Waals surface area contributed by atoms with Crippen molar-refractivity contribution in [3.8, 4) is 5.75 Å². The summed E-state index contributed by atoms with van der Waals surface area (Å²) < 4.78 is 5.75. The Labute approximate surface area is 155 Å². The van der Waals surface area contributed by atoms with Crippen LogP contribution in [0.4, 0.5) is 0 Å². The third kappa shape index (κ3) is 5.46. The molecule has 144 valence electrons. The lowest BCUT2D eigenvalue weighted by atomic mass is 10.0. The molecule has 1 aromatic rings. The number of likely N-dealkylation sites (tertiary alicyclic amines) is 1. The normalized spacial score (nSPS) is 16.5. The van der Waals surface area contributed by atoms with Crippen molar-refractivity contribution < 1.29 is 19.4 Å². The minimum absolute atomic E-state index is 0.0276. The van der Waals surface area contributed by atoms with Crippen LogP contribution in [0.1, 0.15) is 50.4 Å². The van der Waals surface area contributed by atoms with Crippen LogP contribution in [0.15, 0.2) is 24.3 Å². The van der Waals surface area contributed by atoms with Gasteiger partial charge in [0.05, 0.1) is 12.6 Å². The lowest BCUT2D eigenvalue weighted by Crippen LogP contribution is -2.48. The van der Waals surface area contributed by atoms with Crippen LogP contribution in [-0.4, -0.2) is 65.1 Å². The number of carboxylic acids is 1. The molecule has 1 fully saturated rings. The van der Waals surface area contributed by atoms with Crippen molar-refractivity contribution in [3.05, 3.63) is 29.8 Å². The molecule has 2 rings (SSSR count). The number of carbonyl (C=O) groups excluding carboxylic acids is 1. The molecule has 1 atom stereocenters. The summed E-state index contributed by atoms with van der Waals surface area (Å²) in [5.74, 6) is 0.00625. The average molecular weight is 362 g/mol. The molecule has 6 nitrogen and oxygen atoms in total. The van der Waals surface area contributed by atoms with Crippen LogP contribution in [0.2, 0.25) is 0 Å². The van der Waals surface area contributed by atoms with Gasteiger partial charge in [0.25, 0.3) is 5.91 Å². The molecular formula is C20H30N2O4. The third-order valence-corrected chi connectivity index (χ3v) is 5.03. The molecule has 0 saturated carbocycles. The van der Waals surface area contributed by atoms with Crippen LogP contribution in [0.25, 0.3) is 0 Å². The fourth-order valence-corrected chi connectivity index (χ4v) is 3.28. The summed E-state index contributed by atoms with van der Waals surface area (Å²) in [4.78, 5) is 27.5. The van der Waals surface area contributed by atoms with E-state index in [4.69, 9.17) is 9.84 Å². The molecule has 26 heavy (non-hydrogen) atoms. The van der Waals surface area contributed by atoms with E-state index in [0.29, 0.717) is 25.2 Å². The van der Waals surface area contributed by atoms with Gasteiger partial charge in [-0.15, -0.1) is 0 Å². The summed E-state index contributed by atoms with van der Waals surface area (Å²) in [5, 5.41) is 9.01. The summed E-state index contributed by atoms with van der Waals surface area (Å²) in [6, 6.07) is 7.55. The van der Waals surface area contributed by atoms with Gasteiger partial charge in [-0.05, 0) is 57.0 Å². The topological polar surface area (TPSA) is 70.1 Å². The zero-order chi connectivity index (χ0) is 19.1. The largest absolute Gasteiger partial charge is 0.491 e. The summed E-state index contributed by atoms with van der Waals surface area (Å²) in [7, 11) is 0. The second kappa shape index (κ2) is 9.57. The molecule has 1 heterocycles. The number of likely N-dealkylation sites (N-methyl/N-ethyl adjacent to an activating group) is 1. The van der Waals surface area contributed by atoms with Crippen LogP contribution in [0, 0.1) is 0 Å². The number of benzene rings is 1. The highest BCUT2D eigenvalue weighted by Crippen LogP contribution is 2.20. The average Bonchev–Trinajstić information content (AvgIpc) is 2.66. The van der Waals surface area contributed by atoms with Crippen molar-refractivity contribution in [2.75, 3.05) is 26.2 Å². The fourth-order valence-electron chi connectivity index (χ4n) is 3.28. The highest BCUT2D eigenvalue weighted by molar-refractivity contribution is 5.94. The Hall–Kier alpha value is -2.08. The van der Waals surface area contributed by atoms with Crippen LogP contribution < -0.4 is 4.74 Å². The first kappa shape index (κ1) is 20.2. The minimum atomic E-state index is -0.801. The predicted octanol–water partition coefficient (Wildman–Crippen LogP) is 2.88. The van der Waals surface area contributed by atoms with Crippen molar-refractivity contribution in [2.24, 2.45) is 0 Å². The van der Waals surface area contributed by atoms with Gasteiger partial charge in [-0.3, -0.25) is 14.5 Å². The molecule has 1 amide bonds. The Morgan fingerprint density at radius 1 is 1.23 bits per heavy atom. The highest BCUT2D eigenvalue weighted by Gasteiger charge is 2.27. The van der Waals surface area contributed by atoms with Crippen LogP contribution in [0.5, 0.6) is 5.75 Å². The molecule has 0 aromatic heterocycles. The van der Waals surface area contributed by atoms with Gasteiger partial charge < -0.3 is 14.7 Å². The molecule has 1 unspecified atom stereocenters. The molecule has 1 aromatic carbocycles. The number of piperidine rings is 1. The Balaban J connectivity index is 1.90. The van der Waals surface area contributed by atoms with Gasteiger partial charge in [-0.1, -0.05) is 13.8 Å². The highest BCUT2D eigenvalue weighted by atomic mass is 16.5. The number of hydrogen-bond acceptors (Lipinski definition) is 4. The lowest BCUT2D eigenvalue weighted by Gasteiger charge is -2.37. The molecule has 0 radical (unpaired) electrons. The fraction of sp³-hybridized carbons (Fsp3) is 0.600. The zero-order valence-corrected chi connectivity index (χ0v) is 16.0. The van der Waals surface area contributed by atoms with E-state index in [1.807, 2.05) is 47.9 Å². The zero-order valence-electron chi connectivity index (χ0n) is 16.0. The van der Waals surface area contributed by atoms with Gasteiger partial charge in [-0.2, -0.15) is 0 Å². The van der Waals surface area contributed by atoms with Crippen LogP contribution in [0.3, 0.4) is 0 Å². The number of aliphatic carboxylic acids is 1. The Bertz CT molecular complexity index is 594. The maximum Gasteiger partial charge on any atom is 0.317 e. The summed E-state index contributed by atoms with van der Waals surface area (Å²) in [5.41, 5.74) is 0.665. The number of rotatable bonds is 8. The molecule has 1 aliphatic rings. The van der Waals surface area contributed by atoms with Gasteiger partial charge >= 0.3 is 5.97 Å². The maximum absolute atomic E-state index is 12.7. The second-order valence-electron chi connectivity index (χ2n) is 6.84. The first-order chi connectivity index (χ1) is 12.4. The van der Waals surface area contributed by atoms with Crippen molar-refractivity contribution in [2.45, 2.75) is 52.2 Å². The van der Waals surface area contributed by atoms with Gasteiger partial charge in [0.15, 0.2) is 0 Å². The quantitative estimate of drug-likeness (QED) is 0.770. The number of ether oxygens (including phenoxy) is 1. The summed E-state index contributed by atoms with van der Waals surface area (Å²) >= 11 is 0. The van der Waals surface area contributed by atoms with Gasteiger partial charge in [0.1, 0.15) is 5.75 Å². The molecule has 0 aliphatic carbocycles.